The van der Waals surface area contributed by atoms with Crippen LogP contribution in [0.1, 0.15) is 24.2 Å². The van der Waals surface area contributed by atoms with E-state index in [1.54, 1.807) is 47.1 Å². The first-order chi connectivity index (χ1) is 12.1. The van der Waals surface area contributed by atoms with Gasteiger partial charge in [-0.3, -0.25) is 9.69 Å². The molecule has 1 atom stereocenters. The Morgan fingerprint density at radius 3 is 2.88 bits per heavy atom. The smallest absolute Gasteiger partial charge is 0.265 e. The summed E-state index contributed by atoms with van der Waals surface area (Å²) in [4.78, 5) is 23.5. The molecule has 1 aliphatic heterocycles. The average Bonchev–Trinajstić information content (AvgIpc) is 2.97. The number of rotatable bonds is 4. The van der Waals surface area contributed by atoms with E-state index in [4.69, 9.17) is 16.3 Å². The van der Waals surface area contributed by atoms with Gasteiger partial charge in [0.15, 0.2) is 5.17 Å². The molecule has 25 heavy (non-hydrogen) atoms. The third-order valence-corrected chi connectivity index (χ3v) is 4.88. The number of carbonyl (C=O) groups excluding carboxylic acids is 1. The number of halogens is 1. The Bertz CT molecular complexity index is 795. The number of hydrogen-bond donors (Lipinski definition) is 0. The number of pyridine rings is 1. The van der Waals surface area contributed by atoms with Gasteiger partial charge in [0.2, 0.25) is 5.88 Å². The normalized spacial score (nSPS) is 18.6. The standard InChI is InChI=1S/C18H18ClN3O2S/c1-3-24-16-15(5-4-10-20-16)17(23)22-11-12(2)25-18(22)21-14-8-6-13(19)7-9-14/h4-10,12H,3,11H2,1-2H3/t12-/m0/s1. The van der Waals surface area contributed by atoms with Crippen molar-refractivity contribution in [3.05, 3.63) is 53.2 Å². The molecule has 2 aromatic rings. The summed E-state index contributed by atoms with van der Waals surface area (Å²) in [6.45, 7) is 4.98. The van der Waals surface area contributed by atoms with Crippen molar-refractivity contribution in [2.75, 3.05) is 13.2 Å². The van der Waals surface area contributed by atoms with Crippen molar-refractivity contribution in [1.82, 2.24) is 9.88 Å². The fourth-order valence-corrected chi connectivity index (χ4v) is 3.60. The van der Waals surface area contributed by atoms with E-state index in [0.29, 0.717) is 34.8 Å². The summed E-state index contributed by atoms with van der Waals surface area (Å²) in [6, 6.07) is 10.7. The highest BCUT2D eigenvalue weighted by atomic mass is 35.5. The summed E-state index contributed by atoms with van der Waals surface area (Å²) in [7, 11) is 0. The van der Waals surface area contributed by atoms with Gasteiger partial charge in [-0.25, -0.2) is 9.98 Å². The van der Waals surface area contributed by atoms with Crippen LogP contribution >= 0.6 is 23.4 Å². The number of benzene rings is 1. The van der Waals surface area contributed by atoms with E-state index in [0.717, 1.165) is 5.69 Å². The summed E-state index contributed by atoms with van der Waals surface area (Å²) in [6.07, 6.45) is 1.62. The number of amides is 1. The lowest BCUT2D eigenvalue weighted by molar-refractivity contribution is 0.0850. The number of aromatic nitrogens is 1. The molecule has 0 N–H and O–H groups in total. The van der Waals surface area contributed by atoms with Crippen LogP contribution in [0, 0.1) is 0 Å². The van der Waals surface area contributed by atoms with Crippen LogP contribution in [0.4, 0.5) is 5.69 Å². The van der Waals surface area contributed by atoms with Gasteiger partial charge in [0, 0.05) is 23.0 Å². The van der Waals surface area contributed by atoms with Crippen molar-refractivity contribution < 1.29 is 9.53 Å². The molecule has 0 spiro atoms. The van der Waals surface area contributed by atoms with Gasteiger partial charge < -0.3 is 4.74 Å². The van der Waals surface area contributed by atoms with Gasteiger partial charge in [-0.05, 0) is 43.3 Å². The Balaban J connectivity index is 1.91. The Labute approximate surface area is 156 Å². The van der Waals surface area contributed by atoms with Crippen LogP contribution in [0.2, 0.25) is 5.02 Å². The fourth-order valence-electron chi connectivity index (χ4n) is 2.45. The van der Waals surface area contributed by atoms with Gasteiger partial charge in [0.05, 0.1) is 12.3 Å². The first-order valence-corrected chi connectivity index (χ1v) is 9.25. The van der Waals surface area contributed by atoms with Gasteiger partial charge >= 0.3 is 0 Å². The maximum absolute atomic E-state index is 13.0. The molecule has 1 saturated heterocycles. The van der Waals surface area contributed by atoms with Crippen molar-refractivity contribution in [2.45, 2.75) is 19.1 Å². The lowest BCUT2D eigenvalue weighted by Crippen LogP contribution is -2.33. The third-order valence-electron chi connectivity index (χ3n) is 3.56. The molecule has 1 aromatic carbocycles. The van der Waals surface area contributed by atoms with E-state index in [1.165, 1.54) is 0 Å². The van der Waals surface area contributed by atoms with Crippen LogP contribution in [-0.4, -0.2) is 39.4 Å². The number of nitrogens with zero attached hydrogens (tertiary/aromatic N) is 3. The molecule has 0 saturated carbocycles. The van der Waals surface area contributed by atoms with E-state index in [1.807, 2.05) is 19.1 Å². The quantitative estimate of drug-likeness (QED) is 0.794. The molecule has 1 fully saturated rings. The summed E-state index contributed by atoms with van der Waals surface area (Å²) >= 11 is 7.49. The Morgan fingerprint density at radius 2 is 2.16 bits per heavy atom. The first kappa shape index (κ1) is 17.8. The van der Waals surface area contributed by atoms with Gasteiger partial charge in [-0.2, -0.15) is 0 Å². The minimum absolute atomic E-state index is 0.152. The molecule has 0 bridgehead atoms. The monoisotopic (exact) mass is 375 g/mol. The summed E-state index contributed by atoms with van der Waals surface area (Å²) < 4.78 is 5.49. The van der Waals surface area contributed by atoms with E-state index in [9.17, 15) is 4.79 Å². The molecule has 2 heterocycles. The average molecular weight is 376 g/mol. The molecular weight excluding hydrogens is 358 g/mol. The Hall–Kier alpha value is -2.05. The fraction of sp³-hybridized carbons (Fsp3) is 0.278. The van der Waals surface area contributed by atoms with E-state index >= 15 is 0 Å². The van der Waals surface area contributed by atoms with E-state index < -0.39 is 0 Å². The molecule has 7 heteroatoms. The highest BCUT2D eigenvalue weighted by Crippen LogP contribution is 2.31. The zero-order chi connectivity index (χ0) is 17.8. The lowest BCUT2D eigenvalue weighted by atomic mass is 10.2. The highest BCUT2D eigenvalue weighted by Gasteiger charge is 2.33. The van der Waals surface area contributed by atoms with Crippen molar-refractivity contribution >= 4 is 40.1 Å². The van der Waals surface area contributed by atoms with Crippen LogP contribution in [0.25, 0.3) is 0 Å². The Kier molecular flexibility index (Phi) is 5.60. The number of carbonyl (C=O) groups is 1. The minimum atomic E-state index is -0.152. The molecule has 1 amide bonds. The lowest BCUT2D eigenvalue weighted by Gasteiger charge is -2.17. The molecule has 0 unspecified atom stereocenters. The summed E-state index contributed by atoms with van der Waals surface area (Å²) in [5.74, 6) is 0.200. The third kappa shape index (κ3) is 4.14. The van der Waals surface area contributed by atoms with Gasteiger partial charge in [0.25, 0.3) is 5.91 Å². The molecular formula is C18H18ClN3O2S. The van der Waals surface area contributed by atoms with Crippen LogP contribution in [0.15, 0.2) is 47.6 Å². The second-order valence-corrected chi connectivity index (χ2v) is 7.35. The Morgan fingerprint density at radius 1 is 1.40 bits per heavy atom. The van der Waals surface area contributed by atoms with Crippen molar-refractivity contribution in [3.8, 4) is 5.88 Å². The number of aliphatic imine (C=N–C) groups is 1. The number of amidine groups is 1. The second kappa shape index (κ2) is 7.89. The van der Waals surface area contributed by atoms with Gasteiger partial charge in [0.1, 0.15) is 5.56 Å². The van der Waals surface area contributed by atoms with Crippen LogP contribution in [-0.2, 0) is 0 Å². The minimum Gasteiger partial charge on any atom is -0.477 e. The van der Waals surface area contributed by atoms with Crippen LogP contribution in [0.5, 0.6) is 5.88 Å². The molecule has 0 aliphatic carbocycles. The number of ether oxygens (including phenoxy) is 1. The highest BCUT2D eigenvalue weighted by molar-refractivity contribution is 8.14. The summed E-state index contributed by atoms with van der Waals surface area (Å²) in [5, 5.41) is 1.59. The molecule has 1 aliphatic rings. The molecule has 3 rings (SSSR count). The van der Waals surface area contributed by atoms with E-state index in [2.05, 4.69) is 16.9 Å². The number of thioether (sulfide) groups is 1. The maximum Gasteiger partial charge on any atom is 0.265 e. The van der Waals surface area contributed by atoms with Gasteiger partial charge in [-0.1, -0.05) is 30.3 Å². The van der Waals surface area contributed by atoms with Crippen molar-refractivity contribution in [3.63, 3.8) is 0 Å². The number of hydrogen-bond acceptors (Lipinski definition) is 5. The largest absolute Gasteiger partial charge is 0.477 e. The van der Waals surface area contributed by atoms with E-state index in [-0.39, 0.29) is 11.2 Å². The maximum atomic E-state index is 13.0. The molecule has 130 valence electrons. The zero-order valence-corrected chi connectivity index (χ0v) is 15.5. The second-order valence-electron chi connectivity index (χ2n) is 5.50. The SMILES string of the molecule is CCOc1ncccc1C(=O)N1C[C@H](C)SC1=Nc1ccc(Cl)cc1. The predicted octanol–water partition coefficient (Wildman–Crippen LogP) is 4.40. The zero-order valence-electron chi connectivity index (χ0n) is 14.0. The molecule has 5 nitrogen and oxygen atoms in total. The molecule has 1 aromatic heterocycles. The predicted molar refractivity (Wildman–Crippen MR) is 102 cm³/mol. The first-order valence-electron chi connectivity index (χ1n) is 7.99. The van der Waals surface area contributed by atoms with Crippen molar-refractivity contribution in [2.24, 2.45) is 4.99 Å². The summed E-state index contributed by atoms with van der Waals surface area (Å²) in [5.41, 5.74) is 1.21. The molecule has 0 radical (unpaired) electrons. The van der Waals surface area contributed by atoms with Crippen LogP contribution in [0.3, 0.4) is 0 Å². The van der Waals surface area contributed by atoms with Crippen LogP contribution < -0.4 is 4.74 Å². The topological polar surface area (TPSA) is 54.8 Å². The van der Waals surface area contributed by atoms with Crippen molar-refractivity contribution in [1.29, 1.82) is 0 Å². The van der Waals surface area contributed by atoms with Gasteiger partial charge in [-0.15, -0.1) is 0 Å².